The van der Waals surface area contributed by atoms with Crippen LogP contribution in [0.2, 0.25) is 0 Å². The van der Waals surface area contributed by atoms with E-state index < -0.39 is 0 Å². The molecule has 0 aliphatic carbocycles. The summed E-state index contributed by atoms with van der Waals surface area (Å²) in [5.74, 6) is 1.21. The van der Waals surface area contributed by atoms with Crippen LogP contribution in [0.3, 0.4) is 0 Å². The quantitative estimate of drug-likeness (QED) is 0.943. The molecule has 1 aromatic carbocycles. The van der Waals surface area contributed by atoms with E-state index in [0.29, 0.717) is 11.6 Å². The minimum absolute atomic E-state index is 0.0287. The van der Waals surface area contributed by atoms with E-state index in [1.54, 1.807) is 12.1 Å². The van der Waals surface area contributed by atoms with Crippen molar-refractivity contribution in [2.45, 2.75) is 13.5 Å². The topological polar surface area (TPSA) is 42.4 Å². The lowest BCUT2D eigenvalue weighted by Gasteiger charge is -2.07. The van der Waals surface area contributed by atoms with Gasteiger partial charge in [-0.15, -0.1) is 0 Å². The lowest BCUT2D eigenvalue weighted by Crippen LogP contribution is -1.91. The number of halogens is 1. The summed E-state index contributed by atoms with van der Waals surface area (Å²) in [6, 6.07) is 11.1. The molecular weight excluding hydrogens is 282 g/mol. The predicted octanol–water partition coefficient (Wildman–Crippen LogP) is 3.44. The maximum atomic E-state index is 9.15. The Morgan fingerprint density at radius 1 is 1.29 bits per heavy atom. The Morgan fingerprint density at radius 2 is 2.12 bits per heavy atom. The standard InChI is InChI=1S/C13H12BrNO2/c1-9-3-2-4-13(15-9)17-11-5-6-12(14)10(7-11)8-16/h2-7,16H,8H2,1H3. The van der Waals surface area contributed by atoms with Crippen LogP contribution in [0.4, 0.5) is 0 Å². The third kappa shape index (κ3) is 3.05. The lowest BCUT2D eigenvalue weighted by molar-refractivity contribution is 0.280. The molecule has 0 radical (unpaired) electrons. The van der Waals surface area contributed by atoms with Crippen LogP contribution in [-0.4, -0.2) is 10.1 Å². The Bertz CT molecular complexity index is 529. The average Bonchev–Trinajstić information content (AvgIpc) is 2.32. The van der Waals surface area contributed by atoms with Crippen LogP contribution >= 0.6 is 15.9 Å². The third-order valence-corrected chi connectivity index (χ3v) is 3.05. The molecule has 0 saturated carbocycles. The molecule has 1 heterocycles. The summed E-state index contributed by atoms with van der Waals surface area (Å²) >= 11 is 3.36. The molecule has 4 heteroatoms. The van der Waals surface area contributed by atoms with Gasteiger partial charge in [0.2, 0.25) is 5.88 Å². The molecule has 88 valence electrons. The first-order chi connectivity index (χ1) is 8.19. The number of aryl methyl sites for hydroxylation is 1. The zero-order valence-electron chi connectivity index (χ0n) is 9.35. The second kappa shape index (κ2) is 5.29. The predicted molar refractivity (Wildman–Crippen MR) is 69.1 cm³/mol. The summed E-state index contributed by atoms with van der Waals surface area (Å²) in [6.07, 6.45) is 0. The number of hydrogen-bond acceptors (Lipinski definition) is 3. The van der Waals surface area contributed by atoms with E-state index in [1.165, 1.54) is 0 Å². The van der Waals surface area contributed by atoms with Crippen LogP contribution in [0.25, 0.3) is 0 Å². The summed E-state index contributed by atoms with van der Waals surface area (Å²) in [4.78, 5) is 4.25. The Balaban J connectivity index is 2.24. The number of aliphatic hydroxyl groups excluding tert-OH is 1. The van der Waals surface area contributed by atoms with Crippen LogP contribution in [-0.2, 0) is 6.61 Å². The van der Waals surface area contributed by atoms with Gasteiger partial charge < -0.3 is 9.84 Å². The van der Waals surface area contributed by atoms with E-state index in [-0.39, 0.29) is 6.61 Å². The van der Waals surface area contributed by atoms with Gasteiger partial charge in [0, 0.05) is 16.2 Å². The van der Waals surface area contributed by atoms with E-state index in [2.05, 4.69) is 20.9 Å². The van der Waals surface area contributed by atoms with Crippen molar-refractivity contribution in [2.24, 2.45) is 0 Å². The number of rotatable bonds is 3. The molecule has 0 atom stereocenters. The summed E-state index contributed by atoms with van der Waals surface area (Å²) in [5, 5.41) is 9.15. The zero-order chi connectivity index (χ0) is 12.3. The number of pyridine rings is 1. The van der Waals surface area contributed by atoms with Crippen molar-refractivity contribution in [3.8, 4) is 11.6 Å². The lowest BCUT2D eigenvalue weighted by atomic mass is 10.2. The maximum absolute atomic E-state index is 9.15. The first-order valence-electron chi connectivity index (χ1n) is 5.20. The van der Waals surface area contributed by atoms with Crippen LogP contribution in [0.5, 0.6) is 11.6 Å². The minimum atomic E-state index is -0.0287. The Hall–Kier alpha value is -1.39. The SMILES string of the molecule is Cc1cccc(Oc2ccc(Br)c(CO)c2)n1. The molecule has 3 nitrogen and oxygen atoms in total. The minimum Gasteiger partial charge on any atom is -0.439 e. The summed E-state index contributed by atoms with van der Waals surface area (Å²) < 4.78 is 6.48. The molecule has 0 bridgehead atoms. The Morgan fingerprint density at radius 3 is 2.82 bits per heavy atom. The summed E-state index contributed by atoms with van der Waals surface area (Å²) in [7, 11) is 0. The van der Waals surface area contributed by atoms with E-state index in [9.17, 15) is 0 Å². The summed E-state index contributed by atoms with van der Waals surface area (Å²) in [5.41, 5.74) is 1.69. The normalized spacial score (nSPS) is 10.3. The van der Waals surface area contributed by atoms with Gasteiger partial charge in [-0.3, -0.25) is 0 Å². The fourth-order valence-electron chi connectivity index (χ4n) is 1.43. The molecule has 0 aliphatic heterocycles. The molecule has 0 saturated heterocycles. The fourth-order valence-corrected chi connectivity index (χ4v) is 1.80. The average molecular weight is 294 g/mol. The number of ether oxygens (including phenoxy) is 1. The Labute approximate surface area is 108 Å². The third-order valence-electron chi connectivity index (χ3n) is 2.27. The van der Waals surface area contributed by atoms with Crippen molar-refractivity contribution < 1.29 is 9.84 Å². The van der Waals surface area contributed by atoms with Crippen molar-refractivity contribution in [1.29, 1.82) is 0 Å². The van der Waals surface area contributed by atoms with E-state index in [0.717, 1.165) is 15.7 Å². The van der Waals surface area contributed by atoms with Gasteiger partial charge in [0.25, 0.3) is 0 Å². The monoisotopic (exact) mass is 293 g/mol. The molecular formula is C13H12BrNO2. The first kappa shape index (κ1) is 12.1. The summed E-state index contributed by atoms with van der Waals surface area (Å²) in [6.45, 7) is 1.88. The largest absolute Gasteiger partial charge is 0.439 e. The van der Waals surface area contributed by atoms with Crippen molar-refractivity contribution in [2.75, 3.05) is 0 Å². The second-order valence-corrected chi connectivity index (χ2v) is 4.48. The molecule has 0 aliphatic rings. The van der Waals surface area contributed by atoms with Crippen LogP contribution in [0, 0.1) is 6.92 Å². The van der Waals surface area contributed by atoms with Gasteiger partial charge in [-0.25, -0.2) is 4.98 Å². The van der Waals surface area contributed by atoms with Gasteiger partial charge in [0.05, 0.1) is 6.61 Å². The van der Waals surface area contributed by atoms with Crippen molar-refractivity contribution in [3.63, 3.8) is 0 Å². The van der Waals surface area contributed by atoms with Gasteiger partial charge in [0.15, 0.2) is 0 Å². The van der Waals surface area contributed by atoms with Gasteiger partial charge >= 0.3 is 0 Å². The molecule has 0 unspecified atom stereocenters. The number of benzene rings is 1. The maximum Gasteiger partial charge on any atom is 0.219 e. The highest BCUT2D eigenvalue weighted by Crippen LogP contribution is 2.25. The molecule has 17 heavy (non-hydrogen) atoms. The van der Waals surface area contributed by atoms with E-state index >= 15 is 0 Å². The van der Waals surface area contributed by atoms with Crippen LogP contribution in [0.1, 0.15) is 11.3 Å². The molecule has 0 fully saturated rings. The number of aliphatic hydroxyl groups is 1. The number of nitrogens with zero attached hydrogens (tertiary/aromatic N) is 1. The van der Waals surface area contributed by atoms with E-state index in [1.807, 2.05) is 31.2 Å². The zero-order valence-corrected chi connectivity index (χ0v) is 10.9. The highest BCUT2D eigenvalue weighted by Gasteiger charge is 2.03. The van der Waals surface area contributed by atoms with Gasteiger partial charge in [-0.05, 0) is 36.8 Å². The van der Waals surface area contributed by atoms with Crippen molar-refractivity contribution in [1.82, 2.24) is 4.98 Å². The highest BCUT2D eigenvalue weighted by atomic mass is 79.9. The molecule has 1 aromatic heterocycles. The van der Waals surface area contributed by atoms with Gasteiger partial charge in [-0.2, -0.15) is 0 Å². The molecule has 2 aromatic rings. The Kier molecular flexibility index (Phi) is 3.76. The molecule has 0 amide bonds. The van der Waals surface area contributed by atoms with E-state index in [4.69, 9.17) is 9.84 Å². The fraction of sp³-hybridized carbons (Fsp3) is 0.154. The molecule has 0 spiro atoms. The van der Waals surface area contributed by atoms with Gasteiger partial charge in [-0.1, -0.05) is 22.0 Å². The van der Waals surface area contributed by atoms with Crippen LogP contribution in [0.15, 0.2) is 40.9 Å². The first-order valence-corrected chi connectivity index (χ1v) is 5.99. The molecule has 2 rings (SSSR count). The second-order valence-electron chi connectivity index (χ2n) is 3.63. The van der Waals surface area contributed by atoms with Gasteiger partial charge in [0.1, 0.15) is 5.75 Å². The van der Waals surface area contributed by atoms with Crippen molar-refractivity contribution in [3.05, 3.63) is 52.1 Å². The van der Waals surface area contributed by atoms with Crippen molar-refractivity contribution >= 4 is 15.9 Å². The van der Waals surface area contributed by atoms with Crippen LogP contribution < -0.4 is 4.74 Å². The molecule has 1 N–H and O–H groups in total. The number of hydrogen-bond donors (Lipinski definition) is 1. The number of aromatic nitrogens is 1. The smallest absolute Gasteiger partial charge is 0.219 e. The highest BCUT2D eigenvalue weighted by molar-refractivity contribution is 9.10.